The van der Waals surface area contributed by atoms with Gasteiger partial charge in [0, 0.05) is 25.7 Å². The normalized spacial score (nSPS) is 17.2. The molecule has 0 aromatic heterocycles. The summed E-state index contributed by atoms with van der Waals surface area (Å²) in [7, 11) is 1.80. The lowest BCUT2D eigenvalue weighted by Gasteiger charge is -2.28. The highest BCUT2D eigenvalue weighted by molar-refractivity contribution is 6.03. The topological polar surface area (TPSA) is 40.6 Å². The van der Waals surface area contributed by atoms with Gasteiger partial charge < -0.3 is 4.90 Å². The lowest BCUT2D eigenvalue weighted by atomic mass is 10.1. The molecule has 1 unspecified atom stereocenters. The number of carbonyl (C=O) groups excluding carboxylic acids is 2. The zero-order valence-corrected chi connectivity index (χ0v) is 14.1. The van der Waals surface area contributed by atoms with Crippen molar-refractivity contribution in [1.82, 2.24) is 4.90 Å². The van der Waals surface area contributed by atoms with E-state index in [0.717, 1.165) is 16.8 Å². The van der Waals surface area contributed by atoms with Gasteiger partial charge in [0.05, 0.1) is 0 Å². The molecule has 3 rings (SSSR count). The Bertz CT molecular complexity index is 725. The number of benzene rings is 2. The Morgan fingerprint density at radius 3 is 2.46 bits per heavy atom. The summed E-state index contributed by atoms with van der Waals surface area (Å²) in [6.45, 7) is 2.55. The molecule has 24 heavy (non-hydrogen) atoms. The molecule has 4 nitrogen and oxygen atoms in total. The van der Waals surface area contributed by atoms with Gasteiger partial charge in [0.15, 0.2) is 0 Å². The summed E-state index contributed by atoms with van der Waals surface area (Å²) in [5, 5.41) is 0. The molecule has 0 spiro atoms. The number of hydrogen-bond acceptors (Lipinski definition) is 2. The zero-order valence-electron chi connectivity index (χ0n) is 14.1. The van der Waals surface area contributed by atoms with E-state index in [2.05, 4.69) is 0 Å². The Morgan fingerprint density at radius 2 is 1.79 bits per heavy atom. The van der Waals surface area contributed by atoms with Crippen molar-refractivity contribution in [2.24, 2.45) is 0 Å². The zero-order chi connectivity index (χ0) is 17.1. The molecule has 1 heterocycles. The summed E-state index contributed by atoms with van der Waals surface area (Å²) in [6, 6.07) is 17.2. The molecule has 0 saturated carbocycles. The van der Waals surface area contributed by atoms with Gasteiger partial charge in [0.1, 0.15) is 6.04 Å². The van der Waals surface area contributed by atoms with Gasteiger partial charge in [-0.05, 0) is 31.0 Å². The third-order valence-corrected chi connectivity index (χ3v) is 4.45. The Balaban J connectivity index is 1.77. The van der Waals surface area contributed by atoms with E-state index in [-0.39, 0.29) is 11.8 Å². The average Bonchev–Trinajstić information content (AvgIpc) is 2.97. The van der Waals surface area contributed by atoms with E-state index in [9.17, 15) is 9.59 Å². The molecule has 1 saturated heterocycles. The molecule has 1 atom stereocenters. The van der Waals surface area contributed by atoms with Crippen LogP contribution in [-0.2, 0) is 16.1 Å². The smallest absolute Gasteiger partial charge is 0.245 e. The van der Waals surface area contributed by atoms with Crippen LogP contribution < -0.4 is 4.90 Å². The molecule has 0 radical (unpaired) electrons. The number of likely N-dealkylation sites (N-methyl/N-ethyl adjacent to an activating group) is 1. The highest BCUT2D eigenvalue weighted by Crippen LogP contribution is 2.28. The lowest BCUT2D eigenvalue weighted by Crippen LogP contribution is -2.45. The van der Waals surface area contributed by atoms with Gasteiger partial charge in [0.2, 0.25) is 11.8 Å². The van der Waals surface area contributed by atoms with Crippen LogP contribution in [0.2, 0.25) is 0 Å². The summed E-state index contributed by atoms with van der Waals surface area (Å²) in [5.74, 6) is 0.00981. The van der Waals surface area contributed by atoms with Crippen LogP contribution in [-0.4, -0.2) is 29.8 Å². The number of hydrogen-bond donors (Lipinski definition) is 0. The summed E-state index contributed by atoms with van der Waals surface area (Å²) >= 11 is 0. The van der Waals surface area contributed by atoms with Crippen LogP contribution in [0, 0.1) is 6.92 Å². The Morgan fingerprint density at radius 1 is 1.12 bits per heavy atom. The van der Waals surface area contributed by atoms with Gasteiger partial charge >= 0.3 is 0 Å². The van der Waals surface area contributed by atoms with Crippen molar-refractivity contribution in [1.29, 1.82) is 0 Å². The molecule has 2 aromatic rings. The first-order valence-corrected chi connectivity index (χ1v) is 8.24. The van der Waals surface area contributed by atoms with Crippen molar-refractivity contribution < 1.29 is 9.59 Å². The Hall–Kier alpha value is -2.62. The molecule has 1 fully saturated rings. The summed E-state index contributed by atoms with van der Waals surface area (Å²) in [6.07, 6.45) is 0.994. The van der Waals surface area contributed by atoms with Crippen LogP contribution in [0.25, 0.3) is 0 Å². The van der Waals surface area contributed by atoms with E-state index in [1.807, 2.05) is 61.5 Å². The maximum Gasteiger partial charge on any atom is 0.245 e. The number of rotatable bonds is 4. The first-order chi connectivity index (χ1) is 11.6. The second-order valence-electron chi connectivity index (χ2n) is 6.33. The second-order valence-corrected chi connectivity index (χ2v) is 6.33. The van der Waals surface area contributed by atoms with Crippen LogP contribution in [0.5, 0.6) is 0 Å². The van der Waals surface area contributed by atoms with Crippen molar-refractivity contribution in [2.45, 2.75) is 32.4 Å². The van der Waals surface area contributed by atoms with E-state index in [4.69, 9.17) is 0 Å². The molecule has 2 amide bonds. The maximum atomic E-state index is 12.9. The predicted molar refractivity (Wildman–Crippen MR) is 94.6 cm³/mol. The van der Waals surface area contributed by atoms with Crippen LogP contribution in [0.1, 0.15) is 24.0 Å². The molecule has 2 aromatic carbocycles. The number of nitrogens with zero attached hydrogens (tertiary/aromatic N) is 2. The minimum atomic E-state index is -0.408. The van der Waals surface area contributed by atoms with Crippen molar-refractivity contribution >= 4 is 17.5 Å². The van der Waals surface area contributed by atoms with Crippen LogP contribution in [0.3, 0.4) is 0 Å². The molecule has 124 valence electrons. The summed E-state index contributed by atoms with van der Waals surface area (Å²) in [5.41, 5.74) is 3.02. The van der Waals surface area contributed by atoms with E-state index in [1.54, 1.807) is 16.8 Å². The summed E-state index contributed by atoms with van der Waals surface area (Å²) < 4.78 is 0. The van der Waals surface area contributed by atoms with Crippen molar-refractivity contribution in [2.75, 3.05) is 11.9 Å². The number of amides is 2. The highest BCUT2D eigenvalue weighted by Gasteiger charge is 2.38. The fourth-order valence-corrected chi connectivity index (χ4v) is 3.14. The van der Waals surface area contributed by atoms with Gasteiger partial charge in [-0.2, -0.15) is 0 Å². The van der Waals surface area contributed by atoms with Crippen molar-refractivity contribution in [3.8, 4) is 0 Å². The van der Waals surface area contributed by atoms with Crippen LogP contribution in [0.4, 0.5) is 5.69 Å². The minimum Gasteiger partial charge on any atom is -0.340 e. The predicted octanol–water partition coefficient (Wildman–Crippen LogP) is 3.15. The van der Waals surface area contributed by atoms with Crippen LogP contribution in [0.15, 0.2) is 54.6 Å². The monoisotopic (exact) mass is 322 g/mol. The van der Waals surface area contributed by atoms with Crippen molar-refractivity contribution in [3.63, 3.8) is 0 Å². The van der Waals surface area contributed by atoms with Crippen LogP contribution >= 0.6 is 0 Å². The maximum absolute atomic E-state index is 12.9. The Kier molecular flexibility index (Phi) is 4.65. The first-order valence-electron chi connectivity index (χ1n) is 8.24. The molecule has 0 bridgehead atoms. The molecule has 0 aliphatic carbocycles. The SMILES string of the molecule is Cc1ccc(N2C(=O)CCC2C(=O)N(C)Cc2ccccc2)cc1. The highest BCUT2D eigenvalue weighted by atomic mass is 16.2. The lowest BCUT2D eigenvalue weighted by molar-refractivity contribution is -0.132. The fraction of sp³-hybridized carbons (Fsp3) is 0.300. The molecular formula is C20H22N2O2. The largest absolute Gasteiger partial charge is 0.340 e. The number of carbonyl (C=O) groups is 2. The van der Waals surface area contributed by atoms with E-state index in [0.29, 0.717) is 19.4 Å². The molecule has 1 aliphatic heterocycles. The average molecular weight is 322 g/mol. The molecule has 4 heteroatoms. The number of aryl methyl sites for hydroxylation is 1. The second kappa shape index (κ2) is 6.87. The van der Waals surface area contributed by atoms with Crippen molar-refractivity contribution in [3.05, 3.63) is 65.7 Å². The summed E-state index contributed by atoms with van der Waals surface area (Å²) in [4.78, 5) is 28.6. The standard InChI is InChI=1S/C20H22N2O2/c1-15-8-10-17(11-9-15)22-18(12-13-19(22)23)20(24)21(2)14-16-6-4-3-5-7-16/h3-11,18H,12-14H2,1-2H3. The molecule has 1 aliphatic rings. The van der Waals surface area contributed by atoms with Gasteiger partial charge in [0.25, 0.3) is 0 Å². The third-order valence-electron chi connectivity index (χ3n) is 4.45. The quantitative estimate of drug-likeness (QED) is 0.867. The molecule has 0 N–H and O–H groups in total. The molecular weight excluding hydrogens is 300 g/mol. The third kappa shape index (κ3) is 3.32. The number of anilines is 1. The van der Waals surface area contributed by atoms with Gasteiger partial charge in [-0.1, -0.05) is 48.0 Å². The van der Waals surface area contributed by atoms with Gasteiger partial charge in [-0.25, -0.2) is 0 Å². The first kappa shape index (κ1) is 16.2. The van der Waals surface area contributed by atoms with Gasteiger partial charge in [-0.3, -0.25) is 14.5 Å². The fourth-order valence-electron chi connectivity index (χ4n) is 3.14. The van der Waals surface area contributed by atoms with Gasteiger partial charge in [-0.15, -0.1) is 0 Å². The minimum absolute atomic E-state index is 0.00900. The van der Waals surface area contributed by atoms with E-state index < -0.39 is 6.04 Å². The Labute approximate surface area is 142 Å². The van der Waals surface area contributed by atoms with E-state index in [1.165, 1.54) is 0 Å². The van der Waals surface area contributed by atoms with E-state index >= 15 is 0 Å².